The van der Waals surface area contributed by atoms with E-state index in [1.54, 1.807) is 0 Å². The highest BCUT2D eigenvalue weighted by molar-refractivity contribution is 9.10. The van der Waals surface area contributed by atoms with Crippen LogP contribution in [0.3, 0.4) is 0 Å². The molecule has 2 rings (SSSR count). The van der Waals surface area contributed by atoms with Gasteiger partial charge < -0.3 is 5.73 Å². The van der Waals surface area contributed by atoms with E-state index in [4.69, 9.17) is 5.73 Å². The van der Waals surface area contributed by atoms with Crippen molar-refractivity contribution in [3.05, 3.63) is 63.6 Å². The largest absolute Gasteiger partial charge is 0.323 e. The van der Waals surface area contributed by atoms with Crippen molar-refractivity contribution >= 4 is 26.7 Å². The number of aryl methyl sites for hydroxylation is 2. The van der Waals surface area contributed by atoms with Crippen LogP contribution >= 0.6 is 15.9 Å². The Morgan fingerprint density at radius 1 is 1.20 bits per heavy atom. The van der Waals surface area contributed by atoms with E-state index >= 15 is 0 Å². The summed E-state index contributed by atoms with van der Waals surface area (Å²) in [4.78, 5) is 0.799. The Balaban J connectivity index is 2.19. The van der Waals surface area contributed by atoms with Crippen LogP contribution in [0.25, 0.3) is 0 Å². The Labute approximate surface area is 131 Å². The van der Waals surface area contributed by atoms with Crippen molar-refractivity contribution in [2.24, 2.45) is 5.73 Å². The standard InChI is InChI=1S/C16H18BrNOS/c1-11-7-8-12(2)13(9-11)15(18)10-20(19)16-6-4-3-5-14(16)17/h3-9,15H,10,18H2,1-2H3. The molecule has 0 spiro atoms. The lowest BCUT2D eigenvalue weighted by molar-refractivity contribution is 0.674. The van der Waals surface area contributed by atoms with Gasteiger partial charge in [0.1, 0.15) is 0 Å². The maximum absolute atomic E-state index is 12.4. The van der Waals surface area contributed by atoms with Crippen LogP contribution < -0.4 is 5.73 Å². The monoisotopic (exact) mass is 351 g/mol. The summed E-state index contributed by atoms with van der Waals surface area (Å²) in [5.74, 6) is 0.424. The summed E-state index contributed by atoms with van der Waals surface area (Å²) in [5.41, 5.74) is 9.64. The fraction of sp³-hybridized carbons (Fsp3) is 0.250. The van der Waals surface area contributed by atoms with Gasteiger partial charge in [0.2, 0.25) is 0 Å². The number of hydrogen-bond acceptors (Lipinski definition) is 2. The Bertz CT molecular complexity index is 642. The van der Waals surface area contributed by atoms with Gasteiger partial charge in [0.05, 0.1) is 15.7 Å². The molecule has 0 aliphatic rings. The lowest BCUT2D eigenvalue weighted by Crippen LogP contribution is -2.19. The van der Waals surface area contributed by atoms with Crippen LogP contribution in [-0.4, -0.2) is 9.96 Å². The average Bonchev–Trinajstić information content (AvgIpc) is 2.41. The van der Waals surface area contributed by atoms with Gasteiger partial charge >= 0.3 is 0 Å². The molecule has 0 amide bonds. The quantitative estimate of drug-likeness (QED) is 0.908. The molecule has 2 nitrogen and oxygen atoms in total. The maximum atomic E-state index is 12.4. The second-order valence-corrected chi connectivity index (χ2v) is 7.23. The minimum absolute atomic E-state index is 0.220. The smallest absolute Gasteiger partial charge is 0.0560 e. The number of benzene rings is 2. The molecule has 20 heavy (non-hydrogen) atoms. The van der Waals surface area contributed by atoms with Crippen LogP contribution in [-0.2, 0) is 10.8 Å². The number of halogens is 1. The summed E-state index contributed by atoms with van der Waals surface area (Å²) >= 11 is 3.44. The van der Waals surface area contributed by atoms with Gasteiger partial charge in [-0.1, -0.05) is 35.9 Å². The van der Waals surface area contributed by atoms with Crippen molar-refractivity contribution in [3.8, 4) is 0 Å². The van der Waals surface area contributed by atoms with Gasteiger partial charge in [0.15, 0.2) is 0 Å². The van der Waals surface area contributed by atoms with Crippen molar-refractivity contribution in [1.29, 1.82) is 0 Å². The summed E-state index contributed by atoms with van der Waals surface area (Å²) in [6.45, 7) is 4.08. The third kappa shape index (κ3) is 3.57. The van der Waals surface area contributed by atoms with Gasteiger partial charge in [0.25, 0.3) is 0 Å². The van der Waals surface area contributed by atoms with Gasteiger partial charge in [-0.25, -0.2) is 0 Å². The lowest BCUT2D eigenvalue weighted by atomic mass is 10.0. The molecule has 0 aliphatic heterocycles. The summed E-state index contributed by atoms with van der Waals surface area (Å²) in [7, 11) is -1.11. The Morgan fingerprint density at radius 2 is 1.90 bits per heavy atom. The zero-order valence-corrected chi connectivity index (χ0v) is 14.0. The molecule has 106 valence electrons. The van der Waals surface area contributed by atoms with Crippen molar-refractivity contribution < 1.29 is 4.21 Å². The molecule has 0 aromatic heterocycles. The van der Waals surface area contributed by atoms with Crippen LogP contribution in [0.15, 0.2) is 51.8 Å². The van der Waals surface area contributed by atoms with E-state index in [2.05, 4.69) is 34.1 Å². The van der Waals surface area contributed by atoms with Crippen molar-refractivity contribution in [2.75, 3.05) is 5.75 Å². The third-order valence-corrected chi connectivity index (χ3v) is 5.71. The van der Waals surface area contributed by atoms with E-state index in [-0.39, 0.29) is 6.04 Å². The van der Waals surface area contributed by atoms with Gasteiger partial charge in [0, 0.05) is 16.3 Å². The number of rotatable bonds is 4. The van der Waals surface area contributed by atoms with E-state index in [9.17, 15) is 4.21 Å². The molecule has 0 aliphatic carbocycles. The molecule has 2 unspecified atom stereocenters. The molecule has 2 aromatic rings. The van der Waals surface area contributed by atoms with Crippen LogP contribution in [0, 0.1) is 13.8 Å². The van der Waals surface area contributed by atoms with Gasteiger partial charge in [-0.2, -0.15) is 0 Å². The van der Waals surface area contributed by atoms with E-state index in [0.717, 1.165) is 20.5 Å². The molecule has 0 fully saturated rings. The van der Waals surface area contributed by atoms with Crippen molar-refractivity contribution in [2.45, 2.75) is 24.8 Å². The van der Waals surface area contributed by atoms with Crippen LogP contribution in [0.5, 0.6) is 0 Å². The zero-order valence-electron chi connectivity index (χ0n) is 11.6. The Kier molecular flexibility index (Phi) is 5.13. The molecule has 0 saturated carbocycles. The summed E-state index contributed by atoms with van der Waals surface area (Å²) in [5, 5.41) is 0. The second-order valence-electron chi connectivity index (χ2n) is 4.91. The number of hydrogen-bond donors (Lipinski definition) is 1. The fourth-order valence-electron chi connectivity index (χ4n) is 2.13. The minimum Gasteiger partial charge on any atom is -0.323 e. The highest BCUT2D eigenvalue weighted by atomic mass is 79.9. The highest BCUT2D eigenvalue weighted by Gasteiger charge is 2.15. The average molecular weight is 352 g/mol. The van der Waals surface area contributed by atoms with E-state index in [0.29, 0.717) is 5.75 Å². The third-order valence-electron chi connectivity index (χ3n) is 3.25. The first kappa shape index (κ1) is 15.4. The van der Waals surface area contributed by atoms with Crippen LogP contribution in [0.4, 0.5) is 0 Å². The first-order valence-corrected chi connectivity index (χ1v) is 8.56. The molecule has 0 radical (unpaired) electrons. The molecule has 0 saturated heterocycles. The first-order valence-electron chi connectivity index (χ1n) is 6.44. The first-order chi connectivity index (χ1) is 9.49. The van der Waals surface area contributed by atoms with Crippen LogP contribution in [0.1, 0.15) is 22.7 Å². The summed E-state index contributed by atoms with van der Waals surface area (Å²) in [6, 6.07) is 13.6. The van der Waals surface area contributed by atoms with E-state index in [1.807, 2.05) is 38.1 Å². The molecule has 4 heteroatoms. The number of nitrogens with two attached hydrogens (primary N) is 1. The van der Waals surface area contributed by atoms with Gasteiger partial charge in [-0.15, -0.1) is 0 Å². The topological polar surface area (TPSA) is 43.1 Å². The molecule has 2 atom stereocenters. The van der Waals surface area contributed by atoms with Crippen LogP contribution in [0.2, 0.25) is 0 Å². The second kappa shape index (κ2) is 6.66. The predicted molar refractivity (Wildman–Crippen MR) is 88.3 cm³/mol. The normalized spacial score (nSPS) is 14.0. The molecule has 0 bridgehead atoms. The SMILES string of the molecule is Cc1ccc(C)c(C(N)CS(=O)c2ccccc2Br)c1. The Hall–Kier alpha value is -0.970. The molecule has 2 aromatic carbocycles. The molecule has 0 heterocycles. The zero-order chi connectivity index (χ0) is 14.7. The van der Waals surface area contributed by atoms with Gasteiger partial charge in [-0.05, 0) is 53.0 Å². The molecule has 2 N–H and O–H groups in total. The fourth-order valence-corrected chi connectivity index (χ4v) is 4.16. The maximum Gasteiger partial charge on any atom is 0.0560 e. The van der Waals surface area contributed by atoms with Gasteiger partial charge in [-0.3, -0.25) is 4.21 Å². The molecular weight excluding hydrogens is 334 g/mol. The minimum atomic E-state index is -1.11. The van der Waals surface area contributed by atoms with Crippen molar-refractivity contribution in [1.82, 2.24) is 0 Å². The summed E-state index contributed by atoms with van der Waals surface area (Å²) < 4.78 is 13.3. The van der Waals surface area contributed by atoms with E-state index < -0.39 is 10.8 Å². The highest BCUT2D eigenvalue weighted by Crippen LogP contribution is 2.24. The van der Waals surface area contributed by atoms with E-state index in [1.165, 1.54) is 5.56 Å². The Morgan fingerprint density at radius 3 is 2.60 bits per heavy atom. The summed E-state index contributed by atoms with van der Waals surface area (Å²) in [6.07, 6.45) is 0. The predicted octanol–water partition coefficient (Wildman–Crippen LogP) is 3.87. The lowest BCUT2D eigenvalue weighted by Gasteiger charge is -2.15. The van der Waals surface area contributed by atoms with Crippen molar-refractivity contribution in [3.63, 3.8) is 0 Å². The molecular formula is C16H18BrNOS.